The number of aromatic nitrogens is 2. The van der Waals surface area contributed by atoms with E-state index < -0.39 is 0 Å². The lowest BCUT2D eigenvalue weighted by atomic mass is 9.94. The molecule has 0 aliphatic carbocycles. The Morgan fingerprint density at radius 3 is 3.00 bits per heavy atom. The number of rotatable bonds is 3. The van der Waals surface area contributed by atoms with Gasteiger partial charge in [-0.05, 0) is 31.6 Å². The van der Waals surface area contributed by atoms with Crippen LogP contribution in [0.4, 0.5) is 5.69 Å². The average molecular weight is 336 g/mol. The maximum Gasteiger partial charge on any atom is 0.227 e. The van der Waals surface area contributed by atoms with E-state index in [2.05, 4.69) is 15.5 Å². The largest absolute Gasteiger partial charge is 0.402 e. The van der Waals surface area contributed by atoms with Crippen LogP contribution < -0.4 is 11.1 Å². The second kappa shape index (κ2) is 5.77. The Bertz CT molecular complexity index is 934. The van der Waals surface area contributed by atoms with Crippen LogP contribution in [0.5, 0.6) is 0 Å². The predicted octanol–water partition coefficient (Wildman–Crippen LogP) is 2.20. The molecule has 1 aromatic heterocycles. The zero-order valence-corrected chi connectivity index (χ0v) is 14.0. The van der Waals surface area contributed by atoms with Gasteiger partial charge in [0.2, 0.25) is 5.91 Å². The third kappa shape index (κ3) is 2.39. The smallest absolute Gasteiger partial charge is 0.227 e. The molecular formula is C18H20N6O. The first-order valence-corrected chi connectivity index (χ1v) is 8.32. The topological polar surface area (TPSA) is 111 Å². The molecule has 0 spiro atoms. The van der Waals surface area contributed by atoms with E-state index in [0.717, 1.165) is 34.3 Å². The zero-order valence-electron chi connectivity index (χ0n) is 14.0. The van der Waals surface area contributed by atoms with Gasteiger partial charge in [0.15, 0.2) is 0 Å². The fourth-order valence-electron chi connectivity index (χ4n) is 3.61. The number of H-pyrrole nitrogens is 1. The Morgan fingerprint density at radius 2 is 2.32 bits per heavy atom. The van der Waals surface area contributed by atoms with E-state index in [0.29, 0.717) is 24.2 Å². The highest BCUT2D eigenvalue weighted by Crippen LogP contribution is 2.39. The highest BCUT2D eigenvalue weighted by atomic mass is 16.2. The summed E-state index contributed by atoms with van der Waals surface area (Å²) in [4.78, 5) is 14.2. The van der Waals surface area contributed by atoms with Crippen LogP contribution in [0.2, 0.25) is 0 Å². The molecule has 0 radical (unpaired) electrons. The van der Waals surface area contributed by atoms with Gasteiger partial charge >= 0.3 is 0 Å². The Morgan fingerprint density at radius 1 is 1.48 bits per heavy atom. The Balaban J connectivity index is 1.93. The first-order chi connectivity index (χ1) is 12.1. The van der Waals surface area contributed by atoms with E-state index in [-0.39, 0.29) is 11.9 Å². The lowest BCUT2D eigenvalue weighted by Crippen LogP contribution is -2.32. The summed E-state index contributed by atoms with van der Waals surface area (Å²) in [6.07, 6.45) is 6.47. The molecule has 1 fully saturated rings. The Hall–Kier alpha value is -3.09. The summed E-state index contributed by atoms with van der Waals surface area (Å²) < 4.78 is 0. The number of nitrogens with one attached hydrogen (secondary N) is 3. The van der Waals surface area contributed by atoms with E-state index in [9.17, 15) is 4.79 Å². The number of hydrogen-bond donors (Lipinski definition) is 4. The van der Waals surface area contributed by atoms with Gasteiger partial charge in [0, 0.05) is 47.1 Å². The molecule has 128 valence electrons. The number of fused-ring (bicyclic) bond motifs is 3. The number of nitrogens with zero attached hydrogens (tertiary/aromatic N) is 2. The molecule has 7 nitrogen and oxygen atoms in total. The van der Waals surface area contributed by atoms with Crippen molar-refractivity contribution < 1.29 is 4.79 Å². The van der Waals surface area contributed by atoms with E-state index in [1.165, 1.54) is 6.21 Å². The van der Waals surface area contributed by atoms with Gasteiger partial charge in [-0.15, -0.1) is 0 Å². The lowest BCUT2D eigenvalue weighted by Gasteiger charge is -2.31. The van der Waals surface area contributed by atoms with Gasteiger partial charge < -0.3 is 21.4 Å². The van der Waals surface area contributed by atoms with E-state index in [4.69, 9.17) is 11.1 Å². The minimum Gasteiger partial charge on any atom is -0.402 e. The molecule has 0 bridgehead atoms. The van der Waals surface area contributed by atoms with Crippen molar-refractivity contribution in [2.24, 2.45) is 5.73 Å². The Labute approximate surface area is 145 Å². The number of carbonyl (C=O) groups excluding carboxylic acids is 1. The molecule has 1 amide bonds. The molecule has 0 saturated carbocycles. The molecule has 2 aromatic rings. The molecule has 2 aliphatic heterocycles. The fraction of sp³-hybridized carbons (Fsp3) is 0.278. The molecule has 7 heteroatoms. The number of allylic oxidation sites excluding steroid dienone is 1. The SMILES string of the molecule is CC(N)=C(C=N)C1C=C(N2CCCC2=O)c2c(ccc3[nH]ncc23)N1. The molecule has 2 aliphatic rings. The summed E-state index contributed by atoms with van der Waals surface area (Å²) in [7, 11) is 0. The minimum absolute atomic E-state index is 0.128. The highest BCUT2D eigenvalue weighted by Gasteiger charge is 2.31. The summed E-state index contributed by atoms with van der Waals surface area (Å²) in [6.45, 7) is 2.49. The third-order valence-corrected chi connectivity index (χ3v) is 4.83. The monoisotopic (exact) mass is 336 g/mol. The lowest BCUT2D eigenvalue weighted by molar-refractivity contribution is -0.124. The van der Waals surface area contributed by atoms with Crippen LogP contribution in [0.1, 0.15) is 25.3 Å². The van der Waals surface area contributed by atoms with Crippen LogP contribution in [0.3, 0.4) is 0 Å². The number of carbonyl (C=O) groups is 1. The highest BCUT2D eigenvalue weighted by molar-refractivity contribution is 6.03. The van der Waals surface area contributed by atoms with Crippen molar-refractivity contribution in [3.63, 3.8) is 0 Å². The molecule has 5 N–H and O–H groups in total. The van der Waals surface area contributed by atoms with Gasteiger partial charge in [-0.2, -0.15) is 5.10 Å². The minimum atomic E-state index is -0.247. The number of anilines is 1. The van der Waals surface area contributed by atoms with Crippen molar-refractivity contribution in [3.8, 4) is 0 Å². The van der Waals surface area contributed by atoms with Gasteiger partial charge in [-0.3, -0.25) is 9.89 Å². The molecule has 4 rings (SSSR count). The van der Waals surface area contributed by atoms with Crippen molar-refractivity contribution in [1.29, 1.82) is 5.41 Å². The van der Waals surface area contributed by atoms with Crippen LogP contribution >= 0.6 is 0 Å². The summed E-state index contributed by atoms with van der Waals surface area (Å²) >= 11 is 0. The number of nitrogens with two attached hydrogens (primary N) is 1. The van der Waals surface area contributed by atoms with Crippen molar-refractivity contribution in [2.75, 3.05) is 11.9 Å². The summed E-state index contributed by atoms with van der Waals surface area (Å²) in [5.41, 5.74) is 10.9. The molecular weight excluding hydrogens is 316 g/mol. The third-order valence-electron chi connectivity index (χ3n) is 4.83. The fourth-order valence-corrected chi connectivity index (χ4v) is 3.61. The van der Waals surface area contributed by atoms with E-state index >= 15 is 0 Å². The van der Waals surface area contributed by atoms with Gasteiger partial charge in [0.05, 0.1) is 23.5 Å². The quantitative estimate of drug-likeness (QED) is 0.644. The first-order valence-electron chi connectivity index (χ1n) is 8.32. The van der Waals surface area contributed by atoms with Gasteiger partial charge in [0.25, 0.3) is 0 Å². The second-order valence-electron chi connectivity index (χ2n) is 6.42. The van der Waals surface area contributed by atoms with Crippen LogP contribution in [0, 0.1) is 5.41 Å². The molecule has 1 unspecified atom stereocenters. The van der Waals surface area contributed by atoms with Crippen molar-refractivity contribution in [3.05, 3.63) is 41.2 Å². The second-order valence-corrected chi connectivity index (χ2v) is 6.42. The van der Waals surface area contributed by atoms with E-state index in [1.54, 1.807) is 13.1 Å². The van der Waals surface area contributed by atoms with Crippen molar-refractivity contribution in [1.82, 2.24) is 15.1 Å². The van der Waals surface area contributed by atoms with Gasteiger partial charge in [-0.25, -0.2) is 0 Å². The molecule has 3 heterocycles. The molecule has 25 heavy (non-hydrogen) atoms. The average Bonchev–Trinajstić information content (AvgIpc) is 3.22. The van der Waals surface area contributed by atoms with E-state index in [1.807, 2.05) is 23.1 Å². The van der Waals surface area contributed by atoms with Crippen LogP contribution in [0.25, 0.3) is 16.6 Å². The maximum absolute atomic E-state index is 12.4. The standard InChI is InChI=1S/C18H20N6O/c1-10(20)11(8-19)15-7-16(24-6-2-3-17(24)25)18-12-9-21-23-13(12)4-5-14(18)22-15/h4-5,7-9,15,19,22H,2-3,6,20H2,1H3,(H,21,23). The van der Waals surface area contributed by atoms with Crippen molar-refractivity contribution in [2.45, 2.75) is 25.8 Å². The first kappa shape index (κ1) is 15.4. The molecule has 1 aromatic carbocycles. The molecule has 1 atom stereocenters. The normalized spacial score (nSPS) is 20.8. The molecule has 1 saturated heterocycles. The Kier molecular flexibility index (Phi) is 3.56. The summed E-state index contributed by atoms with van der Waals surface area (Å²) in [6, 6.07) is 3.69. The maximum atomic E-state index is 12.4. The summed E-state index contributed by atoms with van der Waals surface area (Å²) in [5.74, 6) is 0.128. The van der Waals surface area contributed by atoms with Crippen LogP contribution in [-0.4, -0.2) is 39.8 Å². The van der Waals surface area contributed by atoms with Gasteiger partial charge in [-0.1, -0.05) is 0 Å². The predicted molar refractivity (Wildman–Crippen MR) is 98.1 cm³/mol. The van der Waals surface area contributed by atoms with Crippen LogP contribution in [0.15, 0.2) is 35.7 Å². The number of likely N-dealkylation sites (tertiary alicyclic amines) is 1. The number of benzene rings is 1. The van der Waals surface area contributed by atoms with Crippen LogP contribution in [-0.2, 0) is 4.79 Å². The van der Waals surface area contributed by atoms with Gasteiger partial charge in [0.1, 0.15) is 0 Å². The number of aromatic amines is 1. The summed E-state index contributed by atoms with van der Waals surface area (Å²) in [5, 5.41) is 19.2. The van der Waals surface area contributed by atoms with Crippen molar-refractivity contribution >= 4 is 34.4 Å². The number of amides is 1. The zero-order chi connectivity index (χ0) is 17.6. The number of hydrogen-bond acceptors (Lipinski definition) is 5.